The second-order valence-corrected chi connectivity index (χ2v) is 42.5. The molecule has 10 aliphatic carbocycles. The van der Waals surface area contributed by atoms with E-state index in [1.165, 1.54) is 17.6 Å². The van der Waals surface area contributed by atoms with E-state index in [1.54, 1.807) is 24.3 Å². The molecule has 2 aromatic carbocycles. The number of allylic oxidation sites excluding steroid dienone is 4. The molecule has 0 aromatic heterocycles. The summed E-state index contributed by atoms with van der Waals surface area (Å²) in [5.41, 5.74) is 5.58. The molecule has 1 unspecified atom stereocenters. The Morgan fingerprint density at radius 1 is 0.495 bits per heavy atom. The summed E-state index contributed by atoms with van der Waals surface area (Å²) in [5.74, 6) is 1.74. The lowest BCUT2D eigenvalue weighted by Gasteiger charge is -2.72. The minimum atomic E-state index is -2.95. The maximum Gasteiger partial charge on any atom is 0.335 e. The molecule has 2 aromatic rings. The number of rotatable bonds is 18. The molecule has 2 aliphatic heterocycles. The first-order valence-electron chi connectivity index (χ1n) is 39.2. The second-order valence-electron chi connectivity index (χ2n) is 37.3. The molecular formula is C82H120N4O14S3. The number of sulfone groups is 2. The van der Waals surface area contributed by atoms with Crippen molar-refractivity contribution < 1.29 is 64.3 Å². The number of aromatic carboxylic acids is 2. The smallest absolute Gasteiger partial charge is 0.335 e. The van der Waals surface area contributed by atoms with Gasteiger partial charge >= 0.3 is 23.3 Å². The average Bonchev–Trinajstić information content (AvgIpc) is 1.60. The van der Waals surface area contributed by atoms with E-state index in [2.05, 4.69) is 102 Å². The third kappa shape index (κ3) is 13.0. The highest BCUT2D eigenvalue weighted by atomic mass is 32.2. The molecule has 6 N–H and O–H groups in total. The maximum atomic E-state index is 13.9. The van der Waals surface area contributed by atoms with Crippen LogP contribution < -0.4 is 10.6 Å². The number of ketones is 2. The number of fused-ring (bicyclic) bond motifs is 14. The van der Waals surface area contributed by atoms with Gasteiger partial charge in [-0.1, -0.05) is 106 Å². The van der Waals surface area contributed by atoms with E-state index in [9.17, 15) is 60.1 Å². The van der Waals surface area contributed by atoms with E-state index < -0.39 is 43.0 Å². The van der Waals surface area contributed by atoms with E-state index in [0.29, 0.717) is 72.8 Å². The van der Waals surface area contributed by atoms with Crippen molar-refractivity contribution in [1.82, 2.24) is 20.4 Å². The molecule has 103 heavy (non-hydrogen) atoms. The molecule has 10 fully saturated rings. The SMILES string of the molecule is CC1(C)C(c2ccc(C(=O)O)cc2)=CC[C@]2(C)[C@H]3CC[C@@H]4[C@H]5[C@H](C(=O)CO)CC[C@]5(NCCN5CCS(=O)(=O)CC5)CC[C@@]4(C)[C@]3(C)CC[C@@H]12.CC1(C)C(c2ccc(C(=O)O)cc2)=CC[C@]2(C)[C@H]3CC[C@@H]4[C@H]5[C@H](C(=O)COS(=O)O)CC[C@]5(NCCN5CCS(=O)(=O)CC5)CC[C@@]4(C)[C@]3(C)CC[C@@H]12. The standard InChI is InChI=1S/C41H60N2O8S2.C41H60N2O6S/c1-37(2)30(27-6-8-28(9-7-27)36(45)46)13-15-38(3)33(37)14-16-40(5)34(38)11-10-31-35-29(32(44)26-51-52(47)48)12-17-41(35,19-18-39(31,40)4)42-20-21-43-22-24-53(49,50)25-23-43;1-37(2)30(27-6-8-28(9-7-27)36(46)47)13-15-38(3)33(37)14-16-40(5)34(38)11-10-31-35-29(32(45)26-44)12-17-41(35,19-18-39(31,40)4)42-20-21-43-22-24-50(48,49)25-23-43/h6-9,13,29,31,33-35,42H,10-12,14-26H2,1-5H3,(H,45,46)(H,47,48);6-9,13,29,31,33-35,42,44H,10-12,14-26H2,1-5H3,(H,46,47)/t2*29-,31+,33-,34+,35+,38-,39+,40+,41-/m00/s1. The van der Waals surface area contributed by atoms with Crippen molar-refractivity contribution in [2.45, 2.75) is 196 Å². The van der Waals surface area contributed by atoms with E-state index in [0.717, 1.165) is 146 Å². The van der Waals surface area contributed by atoms with E-state index in [4.69, 9.17) is 4.18 Å². The van der Waals surface area contributed by atoms with Crippen molar-refractivity contribution in [3.05, 3.63) is 82.9 Å². The Kier molecular flexibility index (Phi) is 20.8. The van der Waals surface area contributed by atoms with Crippen LogP contribution in [-0.2, 0) is 44.8 Å². The predicted octanol–water partition coefficient (Wildman–Crippen LogP) is 12.3. The lowest BCUT2D eigenvalue weighted by Crippen LogP contribution is -2.68. The number of Topliss-reactive ketones (excluding diaryl/α,β-unsaturated/α-hetero) is 2. The van der Waals surface area contributed by atoms with Gasteiger partial charge in [-0.2, -0.15) is 4.21 Å². The summed E-state index contributed by atoms with van der Waals surface area (Å²) in [4.78, 5) is 55.0. The minimum Gasteiger partial charge on any atom is -0.478 e. The van der Waals surface area contributed by atoms with Crippen LogP contribution >= 0.6 is 0 Å². The van der Waals surface area contributed by atoms with Crippen molar-refractivity contribution in [3.63, 3.8) is 0 Å². The zero-order chi connectivity index (χ0) is 74.1. The molecule has 8 saturated carbocycles. The number of carboxylic acids is 2. The van der Waals surface area contributed by atoms with Crippen molar-refractivity contribution in [3.8, 4) is 0 Å². The maximum absolute atomic E-state index is 13.9. The van der Waals surface area contributed by atoms with Gasteiger partial charge in [0.15, 0.2) is 31.2 Å². The second kappa shape index (κ2) is 27.8. The highest BCUT2D eigenvalue weighted by Crippen LogP contribution is 2.79. The Bertz CT molecular complexity index is 3910. The summed E-state index contributed by atoms with van der Waals surface area (Å²) in [6, 6.07) is 14.8. The molecule has 12 aliphatic rings. The Balaban J connectivity index is 0.000000184. The third-order valence-corrected chi connectivity index (χ3v) is 36.4. The van der Waals surface area contributed by atoms with Gasteiger partial charge in [0.1, 0.15) is 13.2 Å². The molecule has 0 radical (unpaired) electrons. The molecule has 0 amide bonds. The highest BCUT2D eigenvalue weighted by molar-refractivity contribution is 7.91. The first-order chi connectivity index (χ1) is 48.4. The fourth-order valence-electron chi connectivity index (χ4n) is 27.5. The van der Waals surface area contributed by atoms with Gasteiger partial charge in [-0.25, -0.2) is 26.4 Å². The lowest BCUT2D eigenvalue weighted by molar-refractivity contribution is -0.220. The van der Waals surface area contributed by atoms with Crippen molar-refractivity contribution in [2.24, 2.45) is 102 Å². The number of carbonyl (C=O) groups is 4. The molecule has 19 atom stereocenters. The fraction of sp³-hybridized carbons (Fsp3) is 0.756. The topological polar surface area (TPSA) is 274 Å². The number of aliphatic hydroxyl groups is 1. The number of nitrogens with zero attached hydrogens (tertiary/aromatic N) is 2. The van der Waals surface area contributed by atoms with Crippen LogP contribution in [0.5, 0.6) is 0 Å². The Morgan fingerprint density at radius 3 is 1.23 bits per heavy atom. The van der Waals surface area contributed by atoms with Crippen LogP contribution in [0.2, 0.25) is 0 Å². The van der Waals surface area contributed by atoms with E-state index >= 15 is 0 Å². The number of aliphatic hydroxyl groups excluding tert-OH is 1. The zero-order valence-corrected chi connectivity index (χ0v) is 65.6. The summed E-state index contributed by atoms with van der Waals surface area (Å²) in [7, 11) is -5.87. The van der Waals surface area contributed by atoms with Gasteiger partial charge in [-0.05, 0) is 253 Å². The van der Waals surface area contributed by atoms with Gasteiger partial charge < -0.3 is 35.8 Å². The van der Waals surface area contributed by atoms with Crippen LogP contribution in [0.1, 0.15) is 217 Å². The quantitative estimate of drug-likeness (QED) is 0.0757. The van der Waals surface area contributed by atoms with Crippen molar-refractivity contribution in [1.29, 1.82) is 0 Å². The summed E-state index contributed by atoms with van der Waals surface area (Å²) < 4.78 is 73.9. The van der Waals surface area contributed by atoms with Crippen LogP contribution in [0, 0.1) is 102 Å². The van der Waals surface area contributed by atoms with Gasteiger partial charge in [-0.3, -0.25) is 18.3 Å². The summed E-state index contributed by atoms with van der Waals surface area (Å²) in [6.45, 7) is 29.7. The Hall–Kier alpha value is -4.03. The Morgan fingerprint density at radius 2 is 0.874 bits per heavy atom. The first kappa shape index (κ1) is 77.1. The van der Waals surface area contributed by atoms with Gasteiger partial charge in [0.2, 0.25) is 0 Å². The van der Waals surface area contributed by atoms with Crippen LogP contribution in [0.3, 0.4) is 0 Å². The molecule has 2 saturated heterocycles. The van der Waals surface area contributed by atoms with Crippen molar-refractivity contribution >= 4 is 65.7 Å². The summed E-state index contributed by atoms with van der Waals surface area (Å²) >= 11 is -2.49. The summed E-state index contributed by atoms with van der Waals surface area (Å²) in [5, 5.41) is 37.2. The van der Waals surface area contributed by atoms with Crippen LogP contribution in [0.15, 0.2) is 60.7 Å². The number of benzene rings is 2. The minimum absolute atomic E-state index is 0.00525. The normalized spacial score (nSPS) is 41.4. The molecule has 18 nitrogen and oxygen atoms in total. The Labute approximate surface area is 616 Å². The molecule has 21 heteroatoms. The molecular weight excluding hydrogens is 1360 g/mol. The van der Waals surface area contributed by atoms with E-state index in [1.807, 2.05) is 24.3 Å². The van der Waals surface area contributed by atoms with Gasteiger partial charge in [0.05, 0.1) is 34.1 Å². The van der Waals surface area contributed by atoms with Crippen LogP contribution in [-0.4, -0.2) is 174 Å². The third-order valence-electron chi connectivity index (χ3n) is 32.9. The van der Waals surface area contributed by atoms with Crippen LogP contribution in [0.25, 0.3) is 11.1 Å². The zero-order valence-electron chi connectivity index (χ0n) is 63.2. The van der Waals surface area contributed by atoms with Gasteiger partial charge in [0, 0.05) is 75.3 Å². The molecule has 570 valence electrons. The molecule has 14 rings (SSSR count). The average molecular weight is 1480 g/mol. The predicted molar refractivity (Wildman–Crippen MR) is 402 cm³/mol. The number of carbonyl (C=O) groups excluding carboxylic acids is 2. The highest BCUT2D eigenvalue weighted by Gasteiger charge is 2.73. The van der Waals surface area contributed by atoms with Crippen molar-refractivity contribution in [2.75, 3.05) is 88.6 Å². The van der Waals surface area contributed by atoms with Crippen LogP contribution in [0.4, 0.5) is 0 Å². The summed E-state index contributed by atoms with van der Waals surface area (Å²) in [6.07, 6.45) is 23.6. The van der Waals surface area contributed by atoms with E-state index in [-0.39, 0.29) is 126 Å². The largest absolute Gasteiger partial charge is 0.478 e. The van der Waals surface area contributed by atoms with Gasteiger partial charge in [0.25, 0.3) is 0 Å². The monoisotopic (exact) mass is 1480 g/mol. The number of nitrogens with one attached hydrogen (secondary N) is 2. The number of carboxylic acid groups (broad SMARTS) is 2. The molecule has 2 heterocycles. The van der Waals surface area contributed by atoms with Gasteiger partial charge in [-0.15, -0.1) is 0 Å². The lowest BCUT2D eigenvalue weighted by atomic mass is 9.33. The number of hydrogen-bond acceptors (Lipinski definition) is 15. The first-order valence-corrected chi connectivity index (χ1v) is 43.9. The molecule has 0 bridgehead atoms. The molecule has 0 spiro atoms. The number of hydrogen-bond donors (Lipinski definition) is 6. The fourth-order valence-corrected chi connectivity index (χ4v) is 30.3.